The van der Waals surface area contributed by atoms with E-state index in [-0.39, 0.29) is 0 Å². The van der Waals surface area contributed by atoms with E-state index in [1.807, 2.05) is 43.3 Å². The highest BCUT2D eigenvalue weighted by atomic mass is 79.9. The van der Waals surface area contributed by atoms with Gasteiger partial charge >= 0.3 is 11.8 Å². The van der Waals surface area contributed by atoms with Crippen molar-refractivity contribution in [3.05, 3.63) is 64.6 Å². The van der Waals surface area contributed by atoms with Crippen molar-refractivity contribution < 1.29 is 9.59 Å². The molecule has 2 N–H and O–H groups in total. The molecule has 0 atom stereocenters. The zero-order valence-electron chi connectivity index (χ0n) is 13.3. The summed E-state index contributed by atoms with van der Waals surface area (Å²) < 4.78 is 0.702. The first kappa shape index (κ1) is 17.9. The van der Waals surface area contributed by atoms with Crippen LogP contribution < -0.4 is 10.7 Å². The van der Waals surface area contributed by atoms with Gasteiger partial charge in [0.1, 0.15) is 0 Å². The molecule has 0 aliphatic rings. The topological polar surface area (TPSA) is 70.6 Å². The van der Waals surface area contributed by atoms with E-state index in [2.05, 4.69) is 31.8 Å². The first-order valence-corrected chi connectivity index (χ1v) is 8.28. The van der Waals surface area contributed by atoms with Gasteiger partial charge in [-0.2, -0.15) is 5.10 Å². The van der Waals surface area contributed by atoms with Gasteiger partial charge in [-0.25, -0.2) is 5.43 Å². The molecule has 2 rings (SSSR count). The van der Waals surface area contributed by atoms with Gasteiger partial charge < -0.3 is 5.32 Å². The molecule has 5 nitrogen and oxygen atoms in total. The molecule has 0 aliphatic heterocycles. The Labute approximate surface area is 149 Å². The number of hydrogen-bond donors (Lipinski definition) is 2. The molecule has 0 heterocycles. The van der Waals surface area contributed by atoms with E-state index < -0.39 is 11.8 Å². The first-order chi connectivity index (χ1) is 11.6. The number of halogens is 1. The predicted molar refractivity (Wildman–Crippen MR) is 98.8 cm³/mol. The lowest BCUT2D eigenvalue weighted by Gasteiger charge is -2.06. The maximum atomic E-state index is 11.8. The molecule has 0 saturated carbocycles. The van der Waals surface area contributed by atoms with Gasteiger partial charge in [-0.3, -0.25) is 9.59 Å². The van der Waals surface area contributed by atoms with Crippen LogP contribution in [0.5, 0.6) is 0 Å². The minimum atomic E-state index is -0.801. The van der Waals surface area contributed by atoms with Gasteiger partial charge in [0.25, 0.3) is 0 Å². The Balaban J connectivity index is 1.82. The largest absolute Gasteiger partial charge is 0.329 e. The van der Waals surface area contributed by atoms with Crippen LogP contribution in [0.15, 0.2) is 64.2 Å². The summed E-state index contributed by atoms with van der Waals surface area (Å²) >= 11 is 3.30. The summed E-state index contributed by atoms with van der Waals surface area (Å²) in [4.78, 5) is 23.6. The van der Waals surface area contributed by atoms with Crippen LogP contribution in [0, 0.1) is 0 Å². The molecule has 2 aromatic rings. The van der Waals surface area contributed by atoms with E-state index in [9.17, 15) is 9.59 Å². The van der Waals surface area contributed by atoms with Crippen molar-refractivity contribution in [3.63, 3.8) is 0 Å². The smallest absolute Gasteiger partial charge is 0.317 e. The minimum Gasteiger partial charge on any atom is -0.317 e. The van der Waals surface area contributed by atoms with Gasteiger partial charge in [-0.1, -0.05) is 42.5 Å². The molecule has 0 saturated heterocycles. The highest BCUT2D eigenvalue weighted by Crippen LogP contribution is 2.20. The van der Waals surface area contributed by atoms with Gasteiger partial charge in [0.05, 0.1) is 5.69 Å². The number of anilines is 1. The summed E-state index contributed by atoms with van der Waals surface area (Å²) in [7, 11) is 0. The molecule has 0 unspecified atom stereocenters. The normalized spacial score (nSPS) is 11.0. The second-order valence-electron chi connectivity index (χ2n) is 5.21. The Morgan fingerprint density at radius 2 is 1.67 bits per heavy atom. The summed E-state index contributed by atoms with van der Waals surface area (Å²) in [6, 6.07) is 17.1. The third-order valence-electron chi connectivity index (χ3n) is 3.29. The lowest BCUT2D eigenvalue weighted by atomic mass is 10.1. The maximum Gasteiger partial charge on any atom is 0.329 e. The van der Waals surface area contributed by atoms with Crippen molar-refractivity contribution in [2.45, 2.75) is 19.8 Å². The number of carbonyl (C=O) groups is 2. The van der Waals surface area contributed by atoms with Gasteiger partial charge in [0.2, 0.25) is 0 Å². The van der Waals surface area contributed by atoms with Gasteiger partial charge in [0, 0.05) is 10.2 Å². The van der Waals surface area contributed by atoms with Gasteiger partial charge in [0.15, 0.2) is 0 Å². The quantitative estimate of drug-likeness (QED) is 0.468. The van der Waals surface area contributed by atoms with Crippen molar-refractivity contribution in [2.75, 3.05) is 5.32 Å². The number of nitrogens with zero attached hydrogens (tertiary/aromatic N) is 1. The van der Waals surface area contributed by atoms with Crippen LogP contribution in [0.4, 0.5) is 5.69 Å². The van der Waals surface area contributed by atoms with Crippen LogP contribution in [0.2, 0.25) is 0 Å². The molecule has 0 aliphatic carbocycles. The molecule has 0 bridgehead atoms. The predicted octanol–water partition coefficient (Wildman–Crippen LogP) is 3.51. The monoisotopic (exact) mass is 387 g/mol. The molecule has 0 aromatic heterocycles. The maximum absolute atomic E-state index is 11.8. The second kappa shape index (κ2) is 8.98. The molecule has 2 amide bonds. The lowest BCUT2D eigenvalue weighted by molar-refractivity contribution is -0.136. The molecule has 0 radical (unpaired) electrons. The first-order valence-electron chi connectivity index (χ1n) is 7.49. The van der Waals surface area contributed by atoms with Crippen molar-refractivity contribution in [3.8, 4) is 0 Å². The summed E-state index contributed by atoms with van der Waals surface area (Å²) in [6.07, 6.45) is 1.53. The molecule has 0 fully saturated rings. The SMILES string of the molecule is CC(CCc1ccccc1)=NNC(=O)C(=O)Nc1ccccc1Br. The Morgan fingerprint density at radius 1 is 1.00 bits per heavy atom. The highest BCUT2D eigenvalue weighted by Gasteiger charge is 2.14. The fourth-order valence-electron chi connectivity index (χ4n) is 1.96. The number of benzene rings is 2. The van der Waals surface area contributed by atoms with Crippen LogP contribution in [-0.4, -0.2) is 17.5 Å². The van der Waals surface area contributed by atoms with E-state index in [1.165, 1.54) is 5.56 Å². The van der Waals surface area contributed by atoms with Crippen LogP contribution in [0.25, 0.3) is 0 Å². The third kappa shape index (κ3) is 5.62. The number of hydrogen-bond acceptors (Lipinski definition) is 3. The van der Waals surface area contributed by atoms with E-state index >= 15 is 0 Å². The standard InChI is InChI=1S/C18H18BrN3O2/c1-13(11-12-14-7-3-2-4-8-14)21-22-18(24)17(23)20-16-10-6-5-9-15(16)19/h2-10H,11-12H2,1H3,(H,20,23)(H,22,24). The summed E-state index contributed by atoms with van der Waals surface area (Å²) in [5.74, 6) is -1.56. The highest BCUT2D eigenvalue weighted by molar-refractivity contribution is 9.10. The summed E-state index contributed by atoms with van der Waals surface area (Å²) in [5.41, 5.74) is 4.76. The Bertz CT molecular complexity index is 745. The summed E-state index contributed by atoms with van der Waals surface area (Å²) in [6.45, 7) is 1.81. The van der Waals surface area contributed by atoms with Crippen molar-refractivity contribution in [2.24, 2.45) is 5.10 Å². The molecule has 2 aromatic carbocycles. The zero-order chi connectivity index (χ0) is 17.4. The fraction of sp³-hybridized carbons (Fsp3) is 0.167. The fourth-order valence-corrected chi connectivity index (χ4v) is 2.35. The number of nitrogens with one attached hydrogen (secondary N) is 2. The van der Waals surface area contributed by atoms with Crippen LogP contribution in [0.1, 0.15) is 18.9 Å². The molecule has 24 heavy (non-hydrogen) atoms. The van der Waals surface area contributed by atoms with Crippen molar-refractivity contribution in [1.82, 2.24) is 5.43 Å². The van der Waals surface area contributed by atoms with Crippen LogP contribution in [0.3, 0.4) is 0 Å². The number of para-hydroxylation sites is 1. The van der Waals surface area contributed by atoms with E-state index in [0.29, 0.717) is 16.6 Å². The van der Waals surface area contributed by atoms with Gasteiger partial charge in [-0.15, -0.1) is 0 Å². The van der Waals surface area contributed by atoms with Crippen molar-refractivity contribution in [1.29, 1.82) is 0 Å². The number of aryl methyl sites for hydroxylation is 1. The van der Waals surface area contributed by atoms with Gasteiger partial charge in [-0.05, 0) is 53.4 Å². The number of carbonyl (C=O) groups excluding carboxylic acids is 2. The third-order valence-corrected chi connectivity index (χ3v) is 3.99. The average molecular weight is 388 g/mol. The Hall–Kier alpha value is -2.47. The molecule has 0 spiro atoms. The lowest BCUT2D eigenvalue weighted by Crippen LogP contribution is -2.33. The average Bonchev–Trinajstić information content (AvgIpc) is 2.60. The number of rotatable bonds is 5. The summed E-state index contributed by atoms with van der Waals surface area (Å²) in [5, 5.41) is 6.49. The van der Waals surface area contributed by atoms with E-state index in [0.717, 1.165) is 12.1 Å². The number of amides is 2. The van der Waals surface area contributed by atoms with Crippen LogP contribution >= 0.6 is 15.9 Å². The number of hydrazone groups is 1. The van der Waals surface area contributed by atoms with E-state index in [4.69, 9.17) is 0 Å². The Kier molecular flexibility index (Phi) is 6.69. The van der Waals surface area contributed by atoms with Crippen molar-refractivity contribution >= 4 is 39.1 Å². The second-order valence-corrected chi connectivity index (χ2v) is 6.06. The molecule has 6 heteroatoms. The minimum absolute atomic E-state index is 0.530. The molecule has 124 valence electrons. The van der Waals surface area contributed by atoms with Crippen LogP contribution in [-0.2, 0) is 16.0 Å². The molecular weight excluding hydrogens is 370 g/mol. The molecular formula is C18H18BrN3O2. The Morgan fingerprint density at radius 3 is 2.38 bits per heavy atom. The van der Waals surface area contributed by atoms with E-state index in [1.54, 1.807) is 18.2 Å². The zero-order valence-corrected chi connectivity index (χ0v) is 14.8.